The monoisotopic (exact) mass is 404 g/mol. The van der Waals surface area contributed by atoms with Crippen LogP contribution in [0.4, 0.5) is 20.3 Å². The molecule has 2 aromatic heterocycles. The first-order valence-electron chi connectivity index (χ1n) is 8.81. The van der Waals surface area contributed by atoms with Crippen LogP contribution in [0.5, 0.6) is 0 Å². The van der Waals surface area contributed by atoms with E-state index in [9.17, 15) is 13.6 Å². The molecule has 1 aliphatic rings. The molecule has 1 N–H and O–H groups in total. The maximum atomic E-state index is 13.9. The minimum atomic E-state index is -0.822. The third-order valence-electron chi connectivity index (χ3n) is 4.60. The number of amides is 1. The first-order valence-corrected chi connectivity index (χ1v) is 9.63. The zero-order valence-corrected chi connectivity index (χ0v) is 16.2. The molecule has 1 amide bonds. The van der Waals surface area contributed by atoms with E-state index in [1.54, 1.807) is 13.8 Å². The lowest BCUT2D eigenvalue weighted by molar-refractivity contribution is 0.102. The van der Waals surface area contributed by atoms with Crippen molar-refractivity contribution in [3.63, 3.8) is 0 Å². The molecule has 146 valence electrons. The van der Waals surface area contributed by atoms with Crippen LogP contribution < -0.4 is 10.2 Å². The number of nitrogens with one attached hydrogen (secondary N) is 1. The number of hydrogen-bond donors (Lipinski definition) is 1. The number of anilines is 2. The Morgan fingerprint density at radius 1 is 1.18 bits per heavy atom. The number of morpholine rings is 1. The fourth-order valence-corrected chi connectivity index (χ4v) is 4.35. The molecule has 3 heterocycles. The number of ether oxygens (including phenoxy) is 1. The molecule has 0 atom stereocenters. The van der Waals surface area contributed by atoms with Crippen molar-refractivity contribution < 1.29 is 18.3 Å². The van der Waals surface area contributed by atoms with Crippen molar-refractivity contribution in [3.05, 3.63) is 46.1 Å². The van der Waals surface area contributed by atoms with Gasteiger partial charge in [-0.25, -0.2) is 18.7 Å². The normalized spacial score (nSPS) is 14.5. The van der Waals surface area contributed by atoms with E-state index in [1.807, 2.05) is 0 Å². The van der Waals surface area contributed by atoms with Gasteiger partial charge in [0.05, 0.1) is 23.5 Å². The van der Waals surface area contributed by atoms with Crippen molar-refractivity contribution in [3.8, 4) is 0 Å². The van der Waals surface area contributed by atoms with Crippen LogP contribution in [0.3, 0.4) is 0 Å². The average Bonchev–Trinajstić information content (AvgIpc) is 3.01. The molecular formula is C19H18F2N4O2S. The molecule has 9 heteroatoms. The first-order chi connectivity index (χ1) is 13.5. The average molecular weight is 404 g/mol. The molecule has 28 heavy (non-hydrogen) atoms. The fraction of sp³-hybridized carbons (Fsp3) is 0.316. The maximum Gasteiger partial charge on any atom is 0.266 e. The Hall–Kier alpha value is -2.65. The lowest BCUT2D eigenvalue weighted by atomic mass is 10.1. The van der Waals surface area contributed by atoms with E-state index in [0.717, 1.165) is 23.3 Å². The second kappa shape index (κ2) is 7.40. The predicted octanol–water partition coefficient (Wildman–Crippen LogP) is 3.68. The zero-order valence-electron chi connectivity index (χ0n) is 15.4. The Morgan fingerprint density at radius 2 is 1.86 bits per heavy atom. The van der Waals surface area contributed by atoms with Gasteiger partial charge in [-0.15, -0.1) is 11.3 Å². The van der Waals surface area contributed by atoms with Crippen LogP contribution in [0, 0.1) is 25.5 Å². The summed E-state index contributed by atoms with van der Waals surface area (Å²) in [4.78, 5) is 24.9. The Bertz CT molecular complexity index is 1040. The second-order valence-corrected chi connectivity index (χ2v) is 7.48. The lowest BCUT2D eigenvalue weighted by Crippen LogP contribution is -2.37. The zero-order chi connectivity index (χ0) is 19.8. The number of carbonyl (C=O) groups excluding carboxylic acids is 1. The van der Waals surface area contributed by atoms with E-state index in [-0.39, 0.29) is 0 Å². The highest BCUT2D eigenvalue weighted by atomic mass is 32.1. The van der Waals surface area contributed by atoms with E-state index in [1.165, 1.54) is 17.4 Å². The molecule has 0 aliphatic carbocycles. The van der Waals surface area contributed by atoms with Crippen LogP contribution in [-0.4, -0.2) is 42.2 Å². The molecule has 4 rings (SSSR count). The number of aromatic nitrogens is 2. The number of halogens is 2. The van der Waals surface area contributed by atoms with Crippen LogP contribution in [0.1, 0.15) is 21.1 Å². The summed E-state index contributed by atoms with van der Waals surface area (Å²) in [5.41, 5.74) is 0.232. The number of carbonyl (C=O) groups is 1. The van der Waals surface area contributed by atoms with Gasteiger partial charge in [-0.2, -0.15) is 0 Å². The summed E-state index contributed by atoms with van der Waals surface area (Å²) in [6.45, 7) is 6.20. The van der Waals surface area contributed by atoms with Gasteiger partial charge in [0.1, 0.15) is 33.8 Å². The highest BCUT2D eigenvalue weighted by Gasteiger charge is 2.24. The van der Waals surface area contributed by atoms with Crippen molar-refractivity contribution >= 4 is 39.0 Å². The summed E-state index contributed by atoms with van der Waals surface area (Å²) in [6, 6.07) is 3.45. The Balaban J connectivity index is 1.76. The Morgan fingerprint density at radius 3 is 2.54 bits per heavy atom. The van der Waals surface area contributed by atoms with Crippen LogP contribution in [0.25, 0.3) is 10.2 Å². The number of thiophene rings is 1. The summed E-state index contributed by atoms with van der Waals surface area (Å²) in [5.74, 6) is -0.860. The molecule has 0 radical (unpaired) electrons. The van der Waals surface area contributed by atoms with Crippen molar-refractivity contribution in [2.75, 3.05) is 36.5 Å². The minimum Gasteiger partial charge on any atom is -0.378 e. The molecule has 1 aliphatic heterocycles. The fourth-order valence-electron chi connectivity index (χ4n) is 3.23. The van der Waals surface area contributed by atoms with Crippen LogP contribution in [-0.2, 0) is 4.74 Å². The predicted molar refractivity (Wildman–Crippen MR) is 104 cm³/mol. The van der Waals surface area contributed by atoms with E-state index >= 15 is 0 Å². The quantitative estimate of drug-likeness (QED) is 0.721. The van der Waals surface area contributed by atoms with Crippen molar-refractivity contribution in [1.29, 1.82) is 0 Å². The molecule has 0 saturated carbocycles. The van der Waals surface area contributed by atoms with Gasteiger partial charge in [0, 0.05) is 13.1 Å². The van der Waals surface area contributed by atoms with Gasteiger partial charge in [0.2, 0.25) is 0 Å². The molecule has 0 unspecified atom stereocenters. The van der Waals surface area contributed by atoms with Crippen molar-refractivity contribution in [2.24, 2.45) is 0 Å². The Kier molecular flexibility index (Phi) is 4.94. The van der Waals surface area contributed by atoms with E-state index in [4.69, 9.17) is 4.74 Å². The van der Waals surface area contributed by atoms with Gasteiger partial charge in [-0.1, -0.05) is 6.07 Å². The van der Waals surface area contributed by atoms with Gasteiger partial charge in [0.15, 0.2) is 0 Å². The van der Waals surface area contributed by atoms with E-state index in [0.29, 0.717) is 47.4 Å². The number of hydrogen-bond acceptors (Lipinski definition) is 6. The number of nitrogens with zero attached hydrogens (tertiary/aromatic N) is 3. The second-order valence-electron chi connectivity index (χ2n) is 6.48. The number of para-hydroxylation sites is 1. The summed E-state index contributed by atoms with van der Waals surface area (Å²) in [5, 5.41) is 3.14. The summed E-state index contributed by atoms with van der Waals surface area (Å²) in [6.07, 6.45) is 0. The molecule has 3 aromatic rings. The number of aryl methyl sites for hydroxylation is 2. The summed E-state index contributed by atoms with van der Waals surface area (Å²) in [7, 11) is 0. The van der Waals surface area contributed by atoms with Gasteiger partial charge in [-0.05, 0) is 31.5 Å². The minimum absolute atomic E-state index is 0.354. The third-order valence-corrected chi connectivity index (χ3v) is 5.79. The van der Waals surface area contributed by atoms with Gasteiger partial charge < -0.3 is 15.0 Å². The van der Waals surface area contributed by atoms with Gasteiger partial charge in [-0.3, -0.25) is 4.79 Å². The smallest absolute Gasteiger partial charge is 0.266 e. The van der Waals surface area contributed by atoms with Crippen molar-refractivity contribution in [1.82, 2.24) is 9.97 Å². The number of fused-ring (bicyclic) bond motifs is 1. The van der Waals surface area contributed by atoms with Gasteiger partial charge in [0.25, 0.3) is 5.91 Å². The standard InChI is InChI=1S/C19H18F2N4O2S/c1-10-14-17(25-6-8-27-9-7-25)22-11(2)23-19(14)28-16(10)18(26)24-15-12(20)4-3-5-13(15)21/h3-5H,6-9H2,1-2H3,(H,24,26). The SMILES string of the molecule is Cc1nc(N2CCOCC2)c2c(C)c(C(=O)Nc3c(F)cccc3F)sc2n1. The molecule has 1 saturated heterocycles. The van der Waals surface area contributed by atoms with Gasteiger partial charge >= 0.3 is 0 Å². The molecule has 6 nitrogen and oxygen atoms in total. The molecule has 1 aromatic carbocycles. The van der Waals surface area contributed by atoms with Crippen LogP contribution in [0.2, 0.25) is 0 Å². The molecule has 0 spiro atoms. The summed E-state index contributed by atoms with van der Waals surface area (Å²) < 4.78 is 33.2. The summed E-state index contributed by atoms with van der Waals surface area (Å²) >= 11 is 1.19. The molecule has 0 bridgehead atoms. The largest absolute Gasteiger partial charge is 0.378 e. The third kappa shape index (κ3) is 3.31. The Labute approximate surface area is 164 Å². The van der Waals surface area contributed by atoms with E-state index in [2.05, 4.69) is 20.2 Å². The number of rotatable bonds is 3. The number of benzene rings is 1. The lowest BCUT2D eigenvalue weighted by Gasteiger charge is -2.28. The highest BCUT2D eigenvalue weighted by Crippen LogP contribution is 2.36. The first kappa shape index (κ1) is 18.7. The van der Waals surface area contributed by atoms with Crippen molar-refractivity contribution in [2.45, 2.75) is 13.8 Å². The molecular weight excluding hydrogens is 386 g/mol. The maximum absolute atomic E-state index is 13.9. The highest BCUT2D eigenvalue weighted by molar-refractivity contribution is 7.20. The van der Waals surface area contributed by atoms with Crippen LogP contribution >= 0.6 is 11.3 Å². The molecule has 1 fully saturated rings. The van der Waals surface area contributed by atoms with E-state index < -0.39 is 23.2 Å². The topological polar surface area (TPSA) is 67.4 Å². The van der Waals surface area contributed by atoms with Crippen LogP contribution in [0.15, 0.2) is 18.2 Å².